The first kappa shape index (κ1) is 16.9. The van der Waals surface area contributed by atoms with E-state index in [0.717, 1.165) is 12.2 Å². The number of carbonyl (C=O) groups is 1. The Morgan fingerprint density at radius 2 is 2.00 bits per heavy atom. The zero-order chi connectivity index (χ0) is 16.8. The van der Waals surface area contributed by atoms with Crippen molar-refractivity contribution in [2.75, 3.05) is 13.7 Å². The van der Waals surface area contributed by atoms with Crippen LogP contribution in [0, 0.1) is 0 Å². The fraction of sp³-hybridized carbons (Fsp3) is 0.500. The number of aromatic nitrogens is 4. The molecule has 0 bridgehead atoms. The summed E-state index contributed by atoms with van der Waals surface area (Å²) >= 11 is 0. The molecule has 0 saturated carbocycles. The quantitative estimate of drug-likeness (QED) is 0.729. The van der Waals surface area contributed by atoms with Crippen LogP contribution in [0.5, 0.6) is 5.88 Å². The molecule has 0 atom stereocenters. The molecule has 2 heterocycles. The highest BCUT2D eigenvalue weighted by Gasteiger charge is 2.25. The number of esters is 1. The summed E-state index contributed by atoms with van der Waals surface area (Å²) in [4.78, 5) is 25.6. The van der Waals surface area contributed by atoms with Gasteiger partial charge in [0.15, 0.2) is 5.69 Å². The molecule has 7 nitrogen and oxygen atoms in total. The molecule has 7 heteroatoms. The molecule has 0 spiro atoms. The Bertz CT molecular complexity index is 682. The van der Waals surface area contributed by atoms with Gasteiger partial charge in [-0.2, -0.15) is 4.98 Å². The van der Waals surface area contributed by atoms with Crippen LogP contribution >= 0.6 is 0 Å². The summed E-state index contributed by atoms with van der Waals surface area (Å²) in [5.74, 6) is 1.11. The Hall–Kier alpha value is -2.44. The van der Waals surface area contributed by atoms with Crippen LogP contribution in [-0.4, -0.2) is 39.2 Å². The van der Waals surface area contributed by atoms with E-state index < -0.39 is 5.97 Å². The van der Waals surface area contributed by atoms with Crippen LogP contribution in [0.4, 0.5) is 0 Å². The van der Waals surface area contributed by atoms with Crippen LogP contribution in [0.15, 0.2) is 12.3 Å². The predicted molar refractivity (Wildman–Crippen MR) is 85.0 cm³/mol. The number of nitrogens with zero attached hydrogens (tertiary/aromatic N) is 4. The minimum Gasteiger partial charge on any atom is -0.481 e. The maximum Gasteiger partial charge on any atom is 0.357 e. The minimum atomic E-state index is -0.401. The zero-order valence-corrected chi connectivity index (χ0v) is 14.0. The van der Waals surface area contributed by atoms with Crippen molar-refractivity contribution in [2.24, 2.45) is 0 Å². The summed E-state index contributed by atoms with van der Waals surface area (Å²) in [6.45, 7) is 6.25. The third-order valence-electron chi connectivity index (χ3n) is 3.33. The lowest BCUT2D eigenvalue weighted by Crippen LogP contribution is -2.16. The number of ether oxygens (including phenoxy) is 2. The van der Waals surface area contributed by atoms with E-state index in [1.165, 1.54) is 7.11 Å². The number of rotatable bonds is 7. The highest BCUT2D eigenvalue weighted by molar-refractivity contribution is 5.89. The van der Waals surface area contributed by atoms with Crippen molar-refractivity contribution in [3.05, 3.63) is 29.5 Å². The Morgan fingerprint density at radius 1 is 1.22 bits per heavy atom. The summed E-state index contributed by atoms with van der Waals surface area (Å²) in [6.07, 6.45) is 3.63. The molecule has 0 saturated heterocycles. The Kier molecular flexibility index (Phi) is 5.67. The Morgan fingerprint density at radius 3 is 2.61 bits per heavy atom. The molecule has 0 aliphatic heterocycles. The maximum absolute atomic E-state index is 12.5. The van der Waals surface area contributed by atoms with Crippen LogP contribution in [0.25, 0.3) is 5.95 Å². The standard InChI is InChI=1S/C16H22N4O3/c1-5-10-23-15(21)14-11(6-2)18-12(7-3)20(14)16-17-9-8-13(19-16)22-4/h8-9H,5-7,10H2,1-4H3. The molecule has 2 rings (SSSR count). The van der Waals surface area contributed by atoms with Crippen molar-refractivity contribution in [1.82, 2.24) is 19.5 Å². The molecular weight excluding hydrogens is 296 g/mol. The van der Waals surface area contributed by atoms with Gasteiger partial charge in [-0.3, -0.25) is 4.57 Å². The lowest BCUT2D eigenvalue weighted by Gasteiger charge is -2.10. The molecule has 0 amide bonds. The van der Waals surface area contributed by atoms with Crippen LogP contribution in [0.1, 0.15) is 49.2 Å². The number of aryl methyl sites for hydroxylation is 2. The average molecular weight is 318 g/mol. The number of imidazole rings is 1. The highest BCUT2D eigenvalue weighted by Crippen LogP contribution is 2.20. The molecule has 0 unspecified atom stereocenters. The second-order valence-corrected chi connectivity index (χ2v) is 4.90. The van der Waals surface area contributed by atoms with Gasteiger partial charge >= 0.3 is 5.97 Å². The lowest BCUT2D eigenvalue weighted by atomic mass is 10.2. The van der Waals surface area contributed by atoms with Gasteiger partial charge in [0.2, 0.25) is 11.8 Å². The van der Waals surface area contributed by atoms with Gasteiger partial charge in [0.25, 0.3) is 0 Å². The van der Waals surface area contributed by atoms with Crippen molar-refractivity contribution in [3.8, 4) is 11.8 Å². The molecule has 0 fully saturated rings. The number of carbonyl (C=O) groups excluding carboxylic acids is 1. The van der Waals surface area contributed by atoms with E-state index in [0.29, 0.717) is 42.7 Å². The molecule has 124 valence electrons. The van der Waals surface area contributed by atoms with Gasteiger partial charge in [-0.05, 0) is 12.8 Å². The summed E-state index contributed by atoms with van der Waals surface area (Å²) in [5.41, 5.74) is 1.08. The lowest BCUT2D eigenvalue weighted by molar-refractivity contribution is 0.0493. The number of hydrogen-bond donors (Lipinski definition) is 0. The molecule has 0 radical (unpaired) electrons. The molecular formula is C16H22N4O3. The monoisotopic (exact) mass is 318 g/mol. The number of methoxy groups -OCH3 is 1. The zero-order valence-electron chi connectivity index (χ0n) is 14.0. The van der Waals surface area contributed by atoms with Crippen molar-refractivity contribution in [1.29, 1.82) is 0 Å². The van der Waals surface area contributed by atoms with E-state index in [1.807, 2.05) is 20.8 Å². The molecule has 23 heavy (non-hydrogen) atoms. The third-order valence-corrected chi connectivity index (χ3v) is 3.33. The highest BCUT2D eigenvalue weighted by atomic mass is 16.5. The first-order valence-electron chi connectivity index (χ1n) is 7.81. The third kappa shape index (κ3) is 3.49. The van der Waals surface area contributed by atoms with Crippen molar-refractivity contribution < 1.29 is 14.3 Å². The van der Waals surface area contributed by atoms with Crippen molar-refractivity contribution in [2.45, 2.75) is 40.0 Å². The Balaban J connectivity index is 2.59. The van der Waals surface area contributed by atoms with E-state index in [2.05, 4.69) is 15.0 Å². The van der Waals surface area contributed by atoms with Gasteiger partial charge in [-0.25, -0.2) is 14.8 Å². The van der Waals surface area contributed by atoms with E-state index in [9.17, 15) is 4.79 Å². The normalized spacial score (nSPS) is 10.6. The fourth-order valence-corrected chi connectivity index (χ4v) is 2.24. The van der Waals surface area contributed by atoms with Gasteiger partial charge in [-0.1, -0.05) is 20.8 Å². The van der Waals surface area contributed by atoms with Crippen molar-refractivity contribution >= 4 is 5.97 Å². The maximum atomic E-state index is 12.5. The van der Waals surface area contributed by atoms with Crippen molar-refractivity contribution in [3.63, 3.8) is 0 Å². The largest absolute Gasteiger partial charge is 0.481 e. The summed E-state index contributed by atoms with van der Waals surface area (Å²) in [5, 5.41) is 0. The molecule has 0 aliphatic carbocycles. The smallest absolute Gasteiger partial charge is 0.357 e. The van der Waals surface area contributed by atoms with E-state index in [1.54, 1.807) is 16.8 Å². The minimum absolute atomic E-state index is 0.358. The molecule has 0 N–H and O–H groups in total. The molecule has 0 aliphatic rings. The van der Waals surface area contributed by atoms with E-state index in [4.69, 9.17) is 9.47 Å². The molecule has 2 aromatic rings. The van der Waals surface area contributed by atoms with Crippen LogP contribution in [-0.2, 0) is 17.6 Å². The fourth-order valence-electron chi connectivity index (χ4n) is 2.24. The Labute approximate surface area is 135 Å². The molecule has 0 aromatic carbocycles. The van der Waals surface area contributed by atoms with Crippen LogP contribution in [0.2, 0.25) is 0 Å². The second-order valence-electron chi connectivity index (χ2n) is 4.90. The summed E-state index contributed by atoms with van der Waals surface area (Å²) < 4.78 is 12.1. The SMILES string of the molecule is CCCOC(=O)c1c(CC)nc(CC)n1-c1nccc(OC)n1. The predicted octanol–water partition coefficient (Wildman–Crippen LogP) is 2.36. The average Bonchev–Trinajstić information content (AvgIpc) is 2.98. The van der Waals surface area contributed by atoms with Crippen LogP contribution in [0.3, 0.4) is 0 Å². The number of hydrogen-bond acceptors (Lipinski definition) is 6. The van der Waals surface area contributed by atoms with Gasteiger partial charge in [-0.15, -0.1) is 0 Å². The van der Waals surface area contributed by atoms with Gasteiger partial charge in [0, 0.05) is 18.7 Å². The topological polar surface area (TPSA) is 79.1 Å². The van der Waals surface area contributed by atoms with Gasteiger partial charge < -0.3 is 9.47 Å². The van der Waals surface area contributed by atoms with Crippen LogP contribution < -0.4 is 4.74 Å². The first-order chi connectivity index (χ1) is 11.2. The van der Waals surface area contributed by atoms with Gasteiger partial charge in [0.05, 0.1) is 19.4 Å². The first-order valence-corrected chi connectivity index (χ1v) is 7.81. The summed E-state index contributed by atoms with van der Waals surface area (Å²) in [6, 6.07) is 1.65. The molecule has 2 aromatic heterocycles. The summed E-state index contributed by atoms with van der Waals surface area (Å²) in [7, 11) is 1.54. The van der Waals surface area contributed by atoms with Gasteiger partial charge in [0.1, 0.15) is 5.82 Å². The van der Waals surface area contributed by atoms with E-state index >= 15 is 0 Å². The second kappa shape index (κ2) is 7.71. The van der Waals surface area contributed by atoms with E-state index in [-0.39, 0.29) is 0 Å².